The van der Waals surface area contributed by atoms with Crippen LogP contribution in [0.1, 0.15) is 67.3 Å². The first kappa shape index (κ1) is 27.2. The molecule has 0 radical (unpaired) electrons. The third-order valence-electron chi connectivity index (χ3n) is 7.02. The number of carbonyl (C=O) groups is 1. The predicted octanol–water partition coefficient (Wildman–Crippen LogP) is 7.05. The van der Waals surface area contributed by atoms with Gasteiger partial charge in [0.05, 0.1) is 37.3 Å². The van der Waals surface area contributed by atoms with Crippen molar-refractivity contribution in [3.05, 3.63) is 93.6 Å². The SMILES string of the molecule is CCCCCCOc1ccc(C2c3c(oc4ccc(F)cc4c3=O)C(=O)N2c2ccc(OCC)cc2)cc1OC. The minimum atomic E-state index is -0.836. The largest absolute Gasteiger partial charge is 0.494 e. The molecular formula is C32H32FNO6. The molecule has 0 N–H and O–H groups in total. The van der Waals surface area contributed by atoms with Crippen LogP contribution in [0.4, 0.5) is 10.1 Å². The molecule has 1 unspecified atom stereocenters. The molecule has 208 valence electrons. The number of fused-ring (bicyclic) bond motifs is 2. The average Bonchev–Trinajstić information content (AvgIpc) is 3.26. The van der Waals surface area contributed by atoms with Crippen LogP contribution in [0.2, 0.25) is 0 Å². The number of ether oxygens (including phenoxy) is 3. The van der Waals surface area contributed by atoms with Crippen molar-refractivity contribution in [2.45, 2.75) is 45.6 Å². The molecule has 0 aliphatic carbocycles. The zero-order chi connectivity index (χ0) is 28.2. The van der Waals surface area contributed by atoms with Crippen LogP contribution in [-0.4, -0.2) is 26.2 Å². The van der Waals surface area contributed by atoms with Crippen molar-refractivity contribution in [2.24, 2.45) is 0 Å². The number of rotatable bonds is 11. The number of hydrogen-bond acceptors (Lipinski definition) is 6. The number of hydrogen-bond donors (Lipinski definition) is 0. The van der Waals surface area contributed by atoms with Gasteiger partial charge < -0.3 is 18.6 Å². The smallest absolute Gasteiger partial charge is 0.295 e. The second-order valence-electron chi connectivity index (χ2n) is 9.64. The molecular weight excluding hydrogens is 513 g/mol. The fraction of sp³-hybridized carbons (Fsp3) is 0.312. The molecule has 0 fully saturated rings. The van der Waals surface area contributed by atoms with Gasteiger partial charge in [-0.2, -0.15) is 0 Å². The van der Waals surface area contributed by atoms with Gasteiger partial charge in [0.25, 0.3) is 5.91 Å². The number of halogens is 1. The summed E-state index contributed by atoms with van der Waals surface area (Å²) in [6.07, 6.45) is 4.30. The molecule has 1 aromatic heterocycles. The summed E-state index contributed by atoms with van der Waals surface area (Å²) in [6.45, 7) is 5.11. The molecule has 40 heavy (non-hydrogen) atoms. The zero-order valence-corrected chi connectivity index (χ0v) is 22.9. The third-order valence-corrected chi connectivity index (χ3v) is 7.02. The van der Waals surface area contributed by atoms with Gasteiger partial charge in [-0.1, -0.05) is 32.3 Å². The van der Waals surface area contributed by atoms with Crippen molar-refractivity contribution in [1.29, 1.82) is 0 Å². The van der Waals surface area contributed by atoms with Crippen molar-refractivity contribution in [3.8, 4) is 17.2 Å². The van der Waals surface area contributed by atoms with E-state index in [2.05, 4.69) is 6.92 Å². The highest BCUT2D eigenvalue weighted by molar-refractivity contribution is 6.10. The minimum absolute atomic E-state index is 0.0711. The Kier molecular flexibility index (Phi) is 8.05. The van der Waals surface area contributed by atoms with Crippen LogP contribution in [0.15, 0.2) is 69.9 Å². The van der Waals surface area contributed by atoms with Crippen molar-refractivity contribution in [3.63, 3.8) is 0 Å². The highest BCUT2D eigenvalue weighted by Crippen LogP contribution is 2.43. The number of amides is 1. The molecule has 1 aliphatic heterocycles. The summed E-state index contributed by atoms with van der Waals surface area (Å²) in [7, 11) is 1.55. The molecule has 3 aromatic carbocycles. The first-order valence-corrected chi connectivity index (χ1v) is 13.6. The first-order chi connectivity index (χ1) is 19.5. The molecule has 8 heteroatoms. The molecule has 0 spiro atoms. The molecule has 4 aromatic rings. The summed E-state index contributed by atoms with van der Waals surface area (Å²) in [5.41, 5.74) is 1.01. The Morgan fingerprint density at radius 3 is 2.42 bits per heavy atom. The van der Waals surface area contributed by atoms with Crippen LogP contribution in [0.3, 0.4) is 0 Å². The highest BCUT2D eigenvalue weighted by Gasteiger charge is 2.44. The number of anilines is 1. The van der Waals surface area contributed by atoms with E-state index in [0.29, 0.717) is 41.7 Å². The van der Waals surface area contributed by atoms with Crippen LogP contribution in [-0.2, 0) is 0 Å². The fourth-order valence-corrected chi connectivity index (χ4v) is 5.08. The van der Waals surface area contributed by atoms with Crippen LogP contribution in [0.5, 0.6) is 17.2 Å². The van der Waals surface area contributed by atoms with Crippen LogP contribution in [0, 0.1) is 5.82 Å². The van der Waals surface area contributed by atoms with E-state index in [1.54, 1.807) is 43.5 Å². The van der Waals surface area contributed by atoms with Crippen molar-refractivity contribution in [1.82, 2.24) is 0 Å². The van der Waals surface area contributed by atoms with Gasteiger partial charge in [-0.25, -0.2) is 4.39 Å². The van der Waals surface area contributed by atoms with Crippen LogP contribution >= 0.6 is 0 Å². The highest BCUT2D eigenvalue weighted by atomic mass is 19.1. The maximum absolute atomic E-state index is 14.1. The predicted molar refractivity (Wildman–Crippen MR) is 151 cm³/mol. The molecule has 5 rings (SSSR count). The molecule has 7 nitrogen and oxygen atoms in total. The van der Waals surface area contributed by atoms with E-state index in [9.17, 15) is 14.0 Å². The first-order valence-electron chi connectivity index (χ1n) is 13.6. The zero-order valence-electron chi connectivity index (χ0n) is 22.9. The van der Waals surface area contributed by atoms with Crippen molar-refractivity contribution < 1.29 is 27.8 Å². The van der Waals surface area contributed by atoms with Gasteiger partial charge in [0.1, 0.15) is 17.1 Å². The van der Waals surface area contributed by atoms with E-state index >= 15 is 0 Å². The summed E-state index contributed by atoms with van der Waals surface area (Å²) in [5.74, 6) is 0.612. The van der Waals surface area contributed by atoms with Crippen molar-refractivity contribution >= 4 is 22.6 Å². The average molecular weight is 546 g/mol. The number of benzene rings is 3. The Labute approximate surface area is 232 Å². The van der Waals surface area contributed by atoms with E-state index in [4.69, 9.17) is 18.6 Å². The normalized spacial score (nSPS) is 14.4. The second kappa shape index (κ2) is 11.8. The van der Waals surface area contributed by atoms with Gasteiger partial charge in [-0.3, -0.25) is 14.5 Å². The summed E-state index contributed by atoms with van der Waals surface area (Å²) in [6, 6.07) is 15.3. The van der Waals surface area contributed by atoms with Crippen LogP contribution < -0.4 is 24.5 Å². The monoisotopic (exact) mass is 545 g/mol. The Morgan fingerprint density at radius 2 is 1.70 bits per heavy atom. The lowest BCUT2D eigenvalue weighted by Gasteiger charge is -2.26. The number of nitrogens with zero attached hydrogens (tertiary/aromatic N) is 1. The maximum Gasteiger partial charge on any atom is 0.295 e. The second-order valence-corrected chi connectivity index (χ2v) is 9.64. The topological polar surface area (TPSA) is 78.2 Å². The van der Waals surface area contributed by atoms with Gasteiger partial charge in [0.15, 0.2) is 16.9 Å². The molecule has 0 bridgehead atoms. The summed E-state index contributed by atoms with van der Waals surface area (Å²) < 4.78 is 37.3. The Morgan fingerprint density at radius 1 is 0.900 bits per heavy atom. The van der Waals surface area contributed by atoms with Gasteiger partial charge in [-0.05, 0) is 73.5 Å². The lowest BCUT2D eigenvalue weighted by atomic mass is 9.97. The fourth-order valence-electron chi connectivity index (χ4n) is 5.08. The van der Waals surface area contributed by atoms with Crippen LogP contribution in [0.25, 0.3) is 11.0 Å². The number of carbonyl (C=O) groups excluding carboxylic acids is 1. The van der Waals surface area contributed by atoms with E-state index in [1.807, 2.05) is 13.0 Å². The van der Waals surface area contributed by atoms with Gasteiger partial charge in [0, 0.05) is 5.69 Å². The van der Waals surface area contributed by atoms with E-state index in [-0.39, 0.29) is 22.3 Å². The summed E-state index contributed by atoms with van der Waals surface area (Å²) in [4.78, 5) is 29.1. The van der Waals surface area contributed by atoms with E-state index in [0.717, 1.165) is 31.7 Å². The Balaban J connectivity index is 1.61. The molecule has 0 saturated carbocycles. The minimum Gasteiger partial charge on any atom is -0.494 e. The van der Waals surface area contributed by atoms with Gasteiger partial charge in [-0.15, -0.1) is 0 Å². The van der Waals surface area contributed by atoms with Gasteiger partial charge in [0.2, 0.25) is 5.76 Å². The molecule has 1 aliphatic rings. The third kappa shape index (κ3) is 5.13. The quantitative estimate of drug-likeness (QED) is 0.188. The standard InChI is InChI=1S/C32H32FNO6/c1-4-6-7-8-17-39-26-15-9-20(18-27(26)37-3)29-28-30(35)24-19-21(33)10-16-25(24)40-31(28)32(36)34(29)22-11-13-23(14-12-22)38-5-2/h9-16,18-19,29H,4-8,17H2,1-3H3. The number of unbranched alkanes of at least 4 members (excludes halogenated alkanes) is 3. The lowest BCUT2D eigenvalue weighted by molar-refractivity contribution is 0.0971. The maximum atomic E-state index is 14.1. The summed E-state index contributed by atoms with van der Waals surface area (Å²) >= 11 is 0. The molecule has 2 heterocycles. The molecule has 0 saturated heterocycles. The Hall–Kier alpha value is -4.33. The van der Waals surface area contributed by atoms with E-state index in [1.165, 1.54) is 17.0 Å². The van der Waals surface area contributed by atoms with E-state index < -0.39 is 23.2 Å². The summed E-state index contributed by atoms with van der Waals surface area (Å²) in [5, 5.41) is 0.0732. The molecule has 1 atom stereocenters. The molecule has 1 amide bonds. The number of methoxy groups -OCH3 is 1. The Bertz CT molecular complexity index is 1580. The van der Waals surface area contributed by atoms with Gasteiger partial charge >= 0.3 is 0 Å². The van der Waals surface area contributed by atoms with Crippen molar-refractivity contribution in [2.75, 3.05) is 25.2 Å². The lowest BCUT2D eigenvalue weighted by Crippen LogP contribution is -2.29.